The molecule has 2 heterocycles. The molecule has 0 saturated heterocycles. The quantitative estimate of drug-likeness (QED) is 0.179. The van der Waals surface area contributed by atoms with Gasteiger partial charge in [0.05, 0.1) is 10.6 Å². The van der Waals surface area contributed by atoms with E-state index in [2.05, 4.69) is 19.5 Å². The minimum atomic E-state index is -4.76. The molecule has 0 bridgehead atoms. The molecule has 1 aliphatic rings. The number of aryl methyl sites for hydroxylation is 1. The molecule has 1 aromatic heterocycles. The van der Waals surface area contributed by atoms with Crippen molar-refractivity contribution in [2.24, 2.45) is 10.7 Å². The molecule has 5 rings (SSSR count). The van der Waals surface area contributed by atoms with E-state index in [1.54, 1.807) is 31.2 Å². The Balaban J connectivity index is 1.70. The molecule has 224 valence electrons. The van der Waals surface area contributed by atoms with Gasteiger partial charge in [0.15, 0.2) is 33.0 Å². The number of oxazole rings is 1. The van der Waals surface area contributed by atoms with Crippen molar-refractivity contribution in [2.45, 2.75) is 31.2 Å². The molecular weight excluding hydrogens is 597 g/mol. The van der Waals surface area contributed by atoms with E-state index in [-0.39, 0.29) is 50.7 Å². The van der Waals surface area contributed by atoms with Crippen molar-refractivity contribution in [1.82, 2.24) is 4.98 Å². The Bertz CT molecular complexity index is 1910. The number of hydrogen-bond donors (Lipinski definition) is 1. The summed E-state index contributed by atoms with van der Waals surface area (Å²) in [7, 11) is -3.53. The molecule has 0 fully saturated rings. The van der Waals surface area contributed by atoms with Crippen LogP contribution >= 0.6 is 0 Å². The van der Waals surface area contributed by atoms with Crippen molar-refractivity contribution in [3.63, 3.8) is 0 Å². The predicted octanol–water partition coefficient (Wildman–Crippen LogP) is 7.21. The summed E-state index contributed by atoms with van der Waals surface area (Å²) < 4.78 is 106. The van der Waals surface area contributed by atoms with Gasteiger partial charge in [-0.1, -0.05) is 18.2 Å². The Labute approximate surface area is 242 Å². The smallest absolute Gasteiger partial charge is 0.440 e. The summed E-state index contributed by atoms with van der Waals surface area (Å²) in [6, 6.07) is 14.9. The molecule has 0 saturated carbocycles. The highest BCUT2D eigenvalue weighted by molar-refractivity contribution is 7.90. The Kier molecular flexibility index (Phi) is 7.28. The number of hydrogen-bond acceptors (Lipinski definition) is 8. The second-order valence-corrected chi connectivity index (χ2v) is 11.6. The van der Waals surface area contributed by atoms with Crippen LogP contribution < -0.4 is 15.2 Å². The van der Waals surface area contributed by atoms with Gasteiger partial charge in [-0.05, 0) is 66.6 Å². The summed E-state index contributed by atoms with van der Waals surface area (Å²) in [5.41, 5.74) is 5.71. The number of sulfone groups is 1. The lowest BCUT2D eigenvalue weighted by atomic mass is 9.98. The van der Waals surface area contributed by atoms with Crippen molar-refractivity contribution >= 4 is 21.2 Å². The zero-order chi connectivity index (χ0) is 31.3. The van der Waals surface area contributed by atoms with Gasteiger partial charge in [-0.2, -0.15) is 13.2 Å². The average molecular weight is 620 g/mol. The van der Waals surface area contributed by atoms with Gasteiger partial charge in [-0.25, -0.2) is 13.4 Å². The van der Waals surface area contributed by atoms with Gasteiger partial charge in [0.1, 0.15) is 11.4 Å². The normalized spacial score (nSPS) is 15.2. The van der Waals surface area contributed by atoms with E-state index in [1.165, 1.54) is 43.3 Å². The number of benzene rings is 3. The van der Waals surface area contributed by atoms with Gasteiger partial charge in [0.25, 0.3) is 0 Å². The minimum absolute atomic E-state index is 0.0746. The van der Waals surface area contributed by atoms with E-state index in [4.69, 9.17) is 10.2 Å². The first kappa shape index (κ1) is 29.8. The van der Waals surface area contributed by atoms with E-state index in [0.717, 1.165) is 6.26 Å². The Morgan fingerprint density at radius 1 is 0.977 bits per heavy atom. The van der Waals surface area contributed by atoms with E-state index in [1.807, 2.05) is 0 Å². The molecule has 0 amide bonds. The minimum Gasteiger partial charge on any atom is -0.440 e. The van der Waals surface area contributed by atoms with Gasteiger partial charge in [-0.15, -0.1) is 8.78 Å². The lowest BCUT2D eigenvalue weighted by molar-refractivity contribution is -0.286. The third-order valence-corrected chi connectivity index (χ3v) is 7.34. The van der Waals surface area contributed by atoms with Crippen LogP contribution in [-0.2, 0) is 9.84 Å². The maximum absolute atomic E-state index is 13.7. The van der Waals surface area contributed by atoms with Crippen LogP contribution in [0.25, 0.3) is 33.7 Å². The highest BCUT2D eigenvalue weighted by atomic mass is 32.2. The molecule has 8 nitrogen and oxygen atoms in total. The largest absolute Gasteiger partial charge is 0.586 e. The predicted molar refractivity (Wildman–Crippen MR) is 148 cm³/mol. The first-order valence-electron chi connectivity index (χ1n) is 12.4. The summed E-state index contributed by atoms with van der Waals surface area (Å²) >= 11 is 0. The second kappa shape index (κ2) is 10.5. The number of nitrogens with two attached hydrogens (primary N) is 1. The molecule has 4 aromatic rings. The van der Waals surface area contributed by atoms with Crippen molar-refractivity contribution in [3.05, 3.63) is 78.3 Å². The summed E-state index contributed by atoms with van der Waals surface area (Å²) in [5.74, 6) is -0.116. The van der Waals surface area contributed by atoms with Gasteiger partial charge < -0.3 is 19.6 Å². The number of aliphatic imine (C=N–C) groups is 1. The first-order chi connectivity index (χ1) is 20.0. The second-order valence-electron chi connectivity index (χ2n) is 9.62. The van der Waals surface area contributed by atoms with Crippen molar-refractivity contribution in [1.29, 1.82) is 0 Å². The van der Waals surface area contributed by atoms with E-state index in [0.29, 0.717) is 22.8 Å². The van der Waals surface area contributed by atoms with Crippen LogP contribution in [0.1, 0.15) is 12.8 Å². The maximum Gasteiger partial charge on any atom is 0.586 e. The monoisotopic (exact) mass is 619 g/mol. The fourth-order valence-electron chi connectivity index (χ4n) is 4.33. The summed E-state index contributed by atoms with van der Waals surface area (Å²) in [6.07, 6.45) is -6.86. The Morgan fingerprint density at radius 2 is 1.65 bits per heavy atom. The molecule has 0 spiro atoms. The van der Waals surface area contributed by atoms with Crippen LogP contribution in [-0.4, -0.2) is 37.8 Å². The molecular formula is C29H22F5N3O5S. The number of allylic oxidation sites excluding steroid dienone is 2. The molecule has 43 heavy (non-hydrogen) atoms. The SMILES string of the molecule is CC(C=C(N)C(F)(F)F)=Nc1ccc(-c2cccc(S(C)(=O)=O)c2)cc1-c1oc(C)nc1-c1ccc2c(c1)OC(F)(F)O2. The highest BCUT2D eigenvalue weighted by Crippen LogP contribution is 2.46. The highest BCUT2D eigenvalue weighted by Gasteiger charge is 2.43. The standard InChI is InChI=1S/C29H22F5N3O5S/c1-15(11-25(35)28(30,31)32)36-22-9-7-18(17-5-4-6-20(12-17)43(3,38)39)13-21(22)27-26(37-16(2)40-27)19-8-10-23-24(14-19)42-29(33,34)41-23/h4-14H,35H2,1-3H3. The van der Waals surface area contributed by atoms with Crippen LogP contribution in [0.2, 0.25) is 0 Å². The topological polar surface area (TPSA) is 117 Å². The number of rotatable bonds is 6. The van der Waals surface area contributed by atoms with Gasteiger partial charge in [-0.3, -0.25) is 4.99 Å². The lowest BCUT2D eigenvalue weighted by Gasteiger charge is -2.11. The van der Waals surface area contributed by atoms with Crippen LogP contribution in [0.5, 0.6) is 11.5 Å². The van der Waals surface area contributed by atoms with Crippen molar-refractivity contribution < 1.29 is 44.3 Å². The number of alkyl halides is 5. The number of ether oxygens (including phenoxy) is 2. The third kappa shape index (κ3) is 6.38. The van der Waals surface area contributed by atoms with Gasteiger partial charge in [0.2, 0.25) is 0 Å². The average Bonchev–Trinajstić information content (AvgIpc) is 3.45. The molecule has 2 N–H and O–H groups in total. The molecule has 1 aliphatic heterocycles. The fraction of sp³-hybridized carbons (Fsp3) is 0.172. The Hall–Kier alpha value is -4.72. The molecule has 14 heteroatoms. The lowest BCUT2D eigenvalue weighted by Crippen LogP contribution is -2.25. The van der Waals surface area contributed by atoms with Crippen LogP contribution in [0.3, 0.4) is 0 Å². The van der Waals surface area contributed by atoms with E-state index in [9.17, 15) is 30.4 Å². The zero-order valence-electron chi connectivity index (χ0n) is 22.7. The van der Waals surface area contributed by atoms with Crippen molar-refractivity contribution in [2.75, 3.05) is 6.26 Å². The van der Waals surface area contributed by atoms with Crippen LogP contribution in [0.15, 0.2) is 86.7 Å². The first-order valence-corrected chi connectivity index (χ1v) is 14.3. The molecule has 0 atom stereocenters. The molecule has 0 unspecified atom stereocenters. The fourth-order valence-corrected chi connectivity index (χ4v) is 5.00. The summed E-state index contributed by atoms with van der Waals surface area (Å²) in [6.45, 7) is 2.88. The maximum atomic E-state index is 13.7. The summed E-state index contributed by atoms with van der Waals surface area (Å²) in [5, 5.41) is 0. The van der Waals surface area contributed by atoms with Crippen LogP contribution in [0.4, 0.5) is 27.6 Å². The van der Waals surface area contributed by atoms with Crippen LogP contribution in [0, 0.1) is 6.92 Å². The van der Waals surface area contributed by atoms with E-state index < -0.39 is 28.0 Å². The zero-order valence-corrected chi connectivity index (χ0v) is 23.5. The van der Waals surface area contributed by atoms with Gasteiger partial charge >= 0.3 is 12.5 Å². The summed E-state index contributed by atoms with van der Waals surface area (Å²) in [4.78, 5) is 8.82. The number of halogens is 5. The Morgan fingerprint density at radius 3 is 2.35 bits per heavy atom. The van der Waals surface area contributed by atoms with E-state index >= 15 is 0 Å². The third-order valence-electron chi connectivity index (χ3n) is 6.23. The number of nitrogens with zero attached hydrogens (tertiary/aromatic N) is 2. The van der Waals surface area contributed by atoms with Crippen molar-refractivity contribution in [3.8, 4) is 45.2 Å². The number of fused-ring (bicyclic) bond motifs is 1. The molecule has 0 radical (unpaired) electrons. The molecule has 0 aliphatic carbocycles. The number of aromatic nitrogens is 1. The molecule has 3 aromatic carbocycles. The van der Waals surface area contributed by atoms with Gasteiger partial charge in [0, 0.05) is 30.0 Å².